The molecule has 0 bridgehead atoms. The molecule has 1 amide bonds. The first-order valence-corrected chi connectivity index (χ1v) is 9.45. The summed E-state index contributed by atoms with van der Waals surface area (Å²) < 4.78 is 1.63. The highest BCUT2D eigenvalue weighted by atomic mass is 35.5. The molecule has 0 saturated carbocycles. The zero-order valence-corrected chi connectivity index (χ0v) is 16.0. The largest absolute Gasteiger partial charge is 0.358 e. The molecule has 1 aliphatic rings. The number of nitrogens with one attached hydrogen (secondary N) is 1. The minimum atomic E-state index is -0.357. The predicted octanol–water partition coefficient (Wildman–Crippen LogP) is 3.51. The topological polar surface area (TPSA) is 75.4 Å². The second kappa shape index (κ2) is 7.15. The Bertz CT molecular complexity index is 985. The van der Waals surface area contributed by atoms with Crippen molar-refractivity contribution in [3.63, 3.8) is 0 Å². The summed E-state index contributed by atoms with van der Waals surface area (Å²) in [5.41, 5.74) is 1.66. The van der Waals surface area contributed by atoms with Crippen LogP contribution in [0.25, 0.3) is 5.78 Å². The van der Waals surface area contributed by atoms with E-state index in [0.717, 1.165) is 30.0 Å². The normalized spacial score (nSPS) is 17.7. The van der Waals surface area contributed by atoms with Crippen LogP contribution in [0.15, 0.2) is 36.7 Å². The smallest absolute Gasteiger partial charge is 0.254 e. The van der Waals surface area contributed by atoms with Gasteiger partial charge in [0.1, 0.15) is 18.2 Å². The van der Waals surface area contributed by atoms with Crippen molar-refractivity contribution in [2.75, 3.05) is 16.8 Å². The molecule has 0 spiro atoms. The Labute approximate surface area is 162 Å². The van der Waals surface area contributed by atoms with E-state index in [0.29, 0.717) is 17.3 Å². The van der Waals surface area contributed by atoms with E-state index in [2.05, 4.69) is 34.2 Å². The van der Waals surface area contributed by atoms with Gasteiger partial charge in [-0.2, -0.15) is 14.6 Å². The maximum absolute atomic E-state index is 13.1. The van der Waals surface area contributed by atoms with Crippen LogP contribution in [0.1, 0.15) is 38.3 Å². The molecule has 1 aromatic carbocycles. The number of para-hydroxylation sites is 1. The fourth-order valence-electron chi connectivity index (χ4n) is 3.33. The Hall–Kier alpha value is -2.67. The van der Waals surface area contributed by atoms with Gasteiger partial charge in [0.15, 0.2) is 0 Å². The van der Waals surface area contributed by atoms with Gasteiger partial charge in [0.2, 0.25) is 5.91 Å². The lowest BCUT2D eigenvalue weighted by atomic mass is 10.0. The van der Waals surface area contributed by atoms with Gasteiger partial charge < -0.3 is 10.2 Å². The summed E-state index contributed by atoms with van der Waals surface area (Å²) in [6.07, 6.45) is 3.10. The molecule has 1 aliphatic heterocycles. The number of fused-ring (bicyclic) bond motifs is 1. The fraction of sp³-hybridized carbons (Fsp3) is 0.368. The van der Waals surface area contributed by atoms with Crippen LogP contribution in [-0.4, -0.2) is 38.1 Å². The quantitative estimate of drug-likeness (QED) is 0.745. The van der Waals surface area contributed by atoms with E-state index in [1.165, 1.54) is 6.33 Å². The number of aromatic nitrogens is 4. The number of carbonyl (C=O) groups is 1. The van der Waals surface area contributed by atoms with Crippen molar-refractivity contribution < 1.29 is 4.79 Å². The predicted molar refractivity (Wildman–Crippen MR) is 105 cm³/mol. The zero-order valence-electron chi connectivity index (χ0n) is 15.3. The van der Waals surface area contributed by atoms with E-state index in [1.807, 2.05) is 24.3 Å². The number of rotatable bonds is 4. The van der Waals surface area contributed by atoms with Crippen molar-refractivity contribution in [2.45, 2.75) is 38.6 Å². The molecule has 1 atom stereocenters. The summed E-state index contributed by atoms with van der Waals surface area (Å²) in [4.78, 5) is 23.6. The Kier molecular flexibility index (Phi) is 4.70. The molecule has 4 rings (SSSR count). The molecule has 1 saturated heterocycles. The Balaban J connectivity index is 1.65. The number of carbonyl (C=O) groups excluding carboxylic acids is 1. The zero-order chi connectivity index (χ0) is 19.0. The maximum Gasteiger partial charge on any atom is 0.254 e. The van der Waals surface area contributed by atoms with Crippen LogP contribution in [-0.2, 0) is 4.79 Å². The van der Waals surface area contributed by atoms with Gasteiger partial charge in [0, 0.05) is 12.6 Å². The Morgan fingerprint density at radius 2 is 2.11 bits per heavy atom. The number of benzene rings is 1. The number of anilines is 2. The minimum absolute atomic E-state index is 0.00512. The van der Waals surface area contributed by atoms with Gasteiger partial charge in [0.05, 0.1) is 16.4 Å². The second-order valence-corrected chi connectivity index (χ2v) is 7.38. The van der Waals surface area contributed by atoms with Gasteiger partial charge in [-0.3, -0.25) is 4.79 Å². The molecular formula is C19H21ClN6O. The number of hydrogen-bond acceptors (Lipinski definition) is 5. The average molecular weight is 385 g/mol. The van der Waals surface area contributed by atoms with Crippen LogP contribution in [0.5, 0.6) is 0 Å². The van der Waals surface area contributed by atoms with Crippen molar-refractivity contribution in [1.82, 2.24) is 19.6 Å². The number of amides is 1. The lowest BCUT2D eigenvalue weighted by Crippen LogP contribution is -2.48. The third-order valence-corrected chi connectivity index (χ3v) is 5.09. The van der Waals surface area contributed by atoms with Gasteiger partial charge in [0.25, 0.3) is 5.78 Å². The van der Waals surface area contributed by atoms with E-state index < -0.39 is 0 Å². The first-order valence-electron chi connectivity index (χ1n) is 9.07. The average Bonchev–Trinajstić information content (AvgIpc) is 3.13. The molecule has 27 heavy (non-hydrogen) atoms. The van der Waals surface area contributed by atoms with Gasteiger partial charge >= 0.3 is 0 Å². The van der Waals surface area contributed by atoms with E-state index in [4.69, 9.17) is 11.6 Å². The Morgan fingerprint density at radius 1 is 1.30 bits per heavy atom. The molecule has 0 aliphatic carbocycles. The highest BCUT2D eigenvalue weighted by Gasteiger charge is 2.31. The van der Waals surface area contributed by atoms with E-state index >= 15 is 0 Å². The van der Waals surface area contributed by atoms with Gasteiger partial charge in [-0.25, -0.2) is 4.98 Å². The second-order valence-electron chi connectivity index (χ2n) is 6.97. The van der Waals surface area contributed by atoms with Gasteiger partial charge in [-0.1, -0.05) is 37.6 Å². The van der Waals surface area contributed by atoms with Crippen LogP contribution < -0.4 is 10.2 Å². The van der Waals surface area contributed by atoms with Crippen LogP contribution in [0.3, 0.4) is 0 Å². The van der Waals surface area contributed by atoms with Crippen molar-refractivity contribution >= 4 is 34.8 Å². The lowest BCUT2D eigenvalue weighted by Gasteiger charge is -2.33. The summed E-state index contributed by atoms with van der Waals surface area (Å²) in [5.74, 6) is 1.50. The molecular weight excluding hydrogens is 364 g/mol. The summed E-state index contributed by atoms with van der Waals surface area (Å²) in [5, 5.41) is 8.18. The molecule has 1 unspecified atom stereocenters. The summed E-state index contributed by atoms with van der Waals surface area (Å²) in [7, 11) is 0. The standard InChI is InChI=1S/C19H21ClN6O/c1-12(2)15-10-17(26-19(24-15)21-11-22-26)23-14-7-5-9-25(18(14)27)16-8-4-3-6-13(16)20/h3-4,6,8,10-12,14,23H,5,7,9H2,1-2H3. The first-order chi connectivity index (χ1) is 13.0. The molecule has 2 aromatic heterocycles. The molecule has 8 heteroatoms. The van der Waals surface area contributed by atoms with Crippen molar-refractivity contribution in [3.8, 4) is 0 Å². The summed E-state index contributed by atoms with van der Waals surface area (Å²) >= 11 is 6.30. The number of piperidine rings is 1. The van der Waals surface area contributed by atoms with E-state index in [9.17, 15) is 4.79 Å². The SMILES string of the molecule is CC(C)c1cc(NC2CCCN(c3ccccc3Cl)C2=O)n2ncnc2n1. The molecule has 0 radical (unpaired) electrons. The lowest BCUT2D eigenvalue weighted by molar-refractivity contribution is -0.120. The van der Waals surface area contributed by atoms with Crippen LogP contribution in [0, 0.1) is 0 Å². The van der Waals surface area contributed by atoms with Crippen molar-refractivity contribution in [2.24, 2.45) is 0 Å². The highest BCUT2D eigenvalue weighted by molar-refractivity contribution is 6.33. The molecule has 1 fully saturated rings. The van der Waals surface area contributed by atoms with Crippen molar-refractivity contribution in [1.29, 1.82) is 0 Å². The maximum atomic E-state index is 13.1. The van der Waals surface area contributed by atoms with E-state index in [-0.39, 0.29) is 17.9 Å². The number of halogens is 1. The summed E-state index contributed by atoms with van der Waals surface area (Å²) in [6.45, 7) is 4.81. The van der Waals surface area contributed by atoms with Crippen molar-refractivity contribution in [3.05, 3.63) is 47.4 Å². The van der Waals surface area contributed by atoms with Crippen LogP contribution in [0.4, 0.5) is 11.5 Å². The number of nitrogens with zero attached hydrogens (tertiary/aromatic N) is 5. The summed E-state index contributed by atoms with van der Waals surface area (Å²) in [6, 6.07) is 9.02. The van der Waals surface area contributed by atoms with E-state index in [1.54, 1.807) is 15.5 Å². The fourth-order valence-corrected chi connectivity index (χ4v) is 3.56. The molecule has 3 aromatic rings. The molecule has 7 nitrogen and oxygen atoms in total. The monoisotopic (exact) mass is 384 g/mol. The van der Waals surface area contributed by atoms with Gasteiger partial charge in [-0.15, -0.1) is 0 Å². The first kappa shape index (κ1) is 17.7. The number of hydrogen-bond donors (Lipinski definition) is 1. The highest BCUT2D eigenvalue weighted by Crippen LogP contribution is 2.29. The Morgan fingerprint density at radius 3 is 2.89 bits per heavy atom. The van der Waals surface area contributed by atoms with Crippen LogP contribution >= 0.6 is 11.6 Å². The molecule has 1 N–H and O–H groups in total. The third kappa shape index (κ3) is 3.35. The van der Waals surface area contributed by atoms with Crippen LogP contribution in [0.2, 0.25) is 5.02 Å². The molecule has 3 heterocycles. The third-order valence-electron chi connectivity index (χ3n) is 4.77. The van der Waals surface area contributed by atoms with Gasteiger partial charge in [-0.05, 0) is 30.9 Å². The molecule has 140 valence electrons. The minimum Gasteiger partial charge on any atom is -0.358 e.